The zero-order chi connectivity index (χ0) is 16.3. The van der Waals surface area contributed by atoms with E-state index in [4.69, 9.17) is 5.26 Å². The van der Waals surface area contributed by atoms with Gasteiger partial charge in [0.1, 0.15) is 11.8 Å². The molecule has 0 aliphatic rings. The summed E-state index contributed by atoms with van der Waals surface area (Å²) in [6.45, 7) is 0. The Morgan fingerprint density at radius 1 is 1.14 bits per heavy atom. The maximum absolute atomic E-state index is 12.1. The number of ether oxygens (including phenoxy) is 1. The number of nitro groups is 1. The maximum Gasteiger partial charge on any atom is 0.573 e. The highest BCUT2D eigenvalue weighted by Gasteiger charge is 2.31. The van der Waals surface area contributed by atoms with Crippen LogP contribution in [0, 0.1) is 21.4 Å². The van der Waals surface area contributed by atoms with Crippen LogP contribution >= 0.6 is 0 Å². The number of nitrogens with zero attached hydrogens (tertiary/aromatic N) is 2. The van der Waals surface area contributed by atoms with Crippen LogP contribution in [-0.2, 0) is 0 Å². The third-order valence-electron chi connectivity index (χ3n) is 2.73. The van der Waals surface area contributed by atoms with Gasteiger partial charge in [0.15, 0.2) is 0 Å². The Labute approximate surface area is 122 Å². The molecule has 0 atom stereocenters. The fourth-order valence-corrected chi connectivity index (χ4v) is 1.83. The van der Waals surface area contributed by atoms with Gasteiger partial charge in [0.2, 0.25) is 0 Å². The second kappa shape index (κ2) is 5.73. The fourth-order valence-electron chi connectivity index (χ4n) is 1.83. The summed E-state index contributed by atoms with van der Waals surface area (Å²) in [5, 5.41) is 19.7. The van der Waals surface area contributed by atoms with Crippen molar-refractivity contribution >= 4 is 5.69 Å². The highest BCUT2D eigenvalue weighted by molar-refractivity contribution is 5.72. The van der Waals surface area contributed by atoms with Crippen LogP contribution in [-0.4, -0.2) is 11.3 Å². The monoisotopic (exact) mass is 308 g/mol. The third-order valence-corrected chi connectivity index (χ3v) is 2.73. The molecule has 0 heterocycles. The number of nitro benzene ring substituents is 1. The van der Waals surface area contributed by atoms with E-state index in [0.717, 1.165) is 18.2 Å². The lowest BCUT2D eigenvalue weighted by Gasteiger charge is -2.10. The van der Waals surface area contributed by atoms with Crippen LogP contribution in [0.25, 0.3) is 11.1 Å². The Morgan fingerprint density at radius 3 is 2.27 bits per heavy atom. The summed E-state index contributed by atoms with van der Waals surface area (Å²) in [6, 6.07) is 10.4. The highest BCUT2D eigenvalue weighted by Crippen LogP contribution is 2.30. The summed E-state index contributed by atoms with van der Waals surface area (Å²) in [5.41, 5.74) is 0.642. The lowest BCUT2D eigenvalue weighted by Crippen LogP contribution is -2.16. The molecule has 5 nitrogen and oxygen atoms in total. The largest absolute Gasteiger partial charge is 0.573 e. The zero-order valence-corrected chi connectivity index (χ0v) is 10.8. The van der Waals surface area contributed by atoms with E-state index < -0.39 is 17.0 Å². The van der Waals surface area contributed by atoms with Gasteiger partial charge >= 0.3 is 6.36 Å². The first-order chi connectivity index (χ1) is 10.3. The standard InChI is InChI=1S/C14H7F3N2O3/c15-14(16,17)22-12-4-1-9(2-5-12)13-6-3-11(19(20)21)7-10(13)8-18/h1-7H. The van der Waals surface area contributed by atoms with Gasteiger partial charge in [-0.3, -0.25) is 10.1 Å². The third kappa shape index (κ3) is 3.52. The van der Waals surface area contributed by atoms with Crippen molar-refractivity contribution in [3.05, 3.63) is 58.1 Å². The number of hydrogen-bond acceptors (Lipinski definition) is 4. The van der Waals surface area contributed by atoms with E-state index in [2.05, 4.69) is 4.74 Å². The Morgan fingerprint density at radius 2 is 1.77 bits per heavy atom. The molecule has 0 saturated heterocycles. The van der Waals surface area contributed by atoms with E-state index in [-0.39, 0.29) is 11.3 Å². The van der Waals surface area contributed by atoms with Crippen molar-refractivity contribution in [2.75, 3.05) is 0 Å². The smallest absolute Gasteiger partial charge is 0.406 e. The highest BCUT2D eigenvalue weighted by atomic mass is 19.4. The quantitative estimate of drug-likeness (QED) is 0.633. The van der Waals surface area contributed by atoms with Crippen LogP contribution in [0.5, 0.6) is 5.75 Å². The first kappa shape index (κ1) is 15.3. The molecule has 0 bridgehead atoms. The Balaban J connectivity index is 2.36. The molecule has 0 radical (unpaired) electrons. The molecule has 0 spiro atoms. The molecular weight excluding hydrogens is 301 g/mol. The Bertz CT molecular complexity index is 749. The predicted molar refractivity (Wildman–Crippen MR) is 69.9 cm³/mol. The van der Waals surface area contributed by atoms with E-state index in [0.29, 0.717) is 11.1 Å². The number of non-ortho nitro benzene ring substituents is 1. The van der Waals surface area contributed by atoms with Crippen LogP contribution in [0.15, 0.2) is 42.5 Å². The SMILES string of the molecule is N#Cc1cc([N+](=O)[O-])ccc1-c1ccc(OC(F)(F)F)cc1. The molecule has 8 heteroatoms. The number of nitriles is 1. The number of hydrogen-bond donors (Lipinski definition) is 0. The van der Waals surface area contributed by atoms with Gasteiger partial charge < -0.3 is 4.74 Å². The van der Waals surface area contributed by atoms with Crippen LogP contribution in [0.4, 0.5) is 18.9 Å². The van der Waals surface area contributed by atoms with Crippen LogP contribution in [0.2, 0.25) is 0 Å². The van der Waals surface area contributed by atoms with E-state index in [1.54, 1.807) is 0 Å². The number of halogens is 3. The number of benzene rings is 2. The summed E-state index contributed by atoms with van der Waals surface area (Å²) >= 11 is 0. The van der Waals surface area contributed by atoms with E-state index in [9.17, 15) is 23.3 Å². The summed E-state index contributed by atoms with van der Waals surface area (Å²) in [4.78, 5) is 10.0. The van der Waals surface area contributed by atoms with Gasteiger partial charge in [0.05, 0.1) is 10.5 Å². The van der Waals surface area contributed by atoms with Gasteiger partial charge in [-0.05, 0) is 29.3 Å². The van der Waals surface area contributed by atoms with Crippen LogP contribution < -0.4 is 4.74 Å². The van der Waals surface area contributed by atoms with Crippen molar-refractivity contribution in [3.63, 3.8) is 0 Å². The maximum atomic E-state index is 12.1. The second-order valence-corrected chi connectivity index (χ2v) is 4.17. The number of rotatable bonds is 3. The zero-order valence-electron chi connectivity index (χ0n) is 10.8. The first-order valence-electron chi connectivity index (χ1n) is 5.85. The van der Waals surface area contributed by atoms with E-state index >= 15 is 0 Å². The van der Waals surface area contributed by atoms with E-state index in [1.165, 1.54) is 24.3 Å². The Hall–Kier alpha value is -3.08. The van der Waals surface area contributed by atoms with Gasteiger partial charge in [-0.25, -0.2) is 0 Å². The Kier molecular flexibility index (Phi) is 3.99. The van der Waals surface area contributed by atoms with Crippen molar-refractivity contribution in [1.82, 2.24) is 0 Å². The molecule has 0 unspecified atom stereocenters. The topological polar surface area (TPSA) is 76.2 Å². The number of alkyl halides is 3. The van der Waals surface area contributed by atoms with Crippen molar-refractivity contribution < 1.29 is 22.8 Å². The summed E-state index contributed by atoms with van der Waals surface area (Å²) in [6.07, 6.45) is -4.79. The van der Waals surface area contributed by atoms with Gasteiger partial charge in [0.25, 0.3) is 5.69 Å². The predicted octanol–water partition coefficient (Wildman–Crippen LogP) is 4.03. The van der Waals surface area contributed by atoms with Gasteiger partial charge in [-0.1, -0.05) is 12.1 Å². The van der Waals surface area contributed by atoms with Crippen molar-refractivity contribution in [3.8, 4) is 22.9 Å². The van der Waals surface area contributed by atoms with Gasteiger partial charge in [0, 0.05) is 12.1 Å². The van der Waals surface area contributed by atoms with Crippen molar-refractivity contribution in [2.24, 2.45) is 0 Å². The normalized spacial score (nSPS) is 10.8. The molecule has 0 aromatic heterocycles. The van der Waals surface area contributed by atoms with Crippen molar-refractivity contribution in [1.29, 1.82) is 5.26 Å². The molecule has 2 aromatic rings. The molecule has 112 valence electrons. The molecule has 0 amide bonds. The molecule has 0 aliphatic heterocycles. The average molecular weight is 308 g/mol. The van der Waals surface area contributed by atoms with Crippen LogP contribution in [0.1, 0.15) is 5.56 Å². The summed E-state index contributed by atoms with van der Waals surface area (Å²) in [5.74, 6) is -0.392. The molecule has 0 fully saturated rings. The minimum atomic E-state index is -4.79. The molecule has 0 aliphatic carbocycles. The van der Waals surface area contributed by atoms with Crippen LogP contribution in [0.3, 0.4) is 0 Å². The van der Waals surface area contributed by atoms with Gasteiger partial charge in [-0.2, -0.15) is 5.26 Å². The fraction of sp³-hybridized carbons (Fsp3) is 0.0714. The lowest BCUT2D eigenvalue weighted by atomic mass is 10.00. The second-order valence-electron chi connectivity index (χ2n) is 4.17. The minimum Gasteiger partial charge on any atom is -0.406 e. The molecule has 0 saturated carbocycles. The molecular formula is C14H7F3N2O3. The summed E-state index contributed by atoms with van der Waals surface area (Å²) in [7, 11) is 0. The molecule has 0 N–H and O–H groups in total. The average Bonchev–Trinajstić information content (AvgIpc) is 2.45. The van der Waals surface area contributed by atoms with Gasteiger partial charge in [-0.15, -0.1) is 13.2 Å². The first-order valence-corrected chi connectivity index (χ1v) is 5.85. The molecule has 2 aromatic carbocycles. The lowest BCUT2D eigenvalue weighted by molar-refractivity contribution is -0.384. The van der Waals surface area contributed by atoms with Crippen molar-refractivity contribution in [2.45, 2.75) is 6.36 Å². The molecule has 2 rings (SSSR count). The van der Waals surface area contributed by atoms with E-state index in [1.807, 2.05) is 6.07 Å². The summed E-state index contributed by atoms with van der Waals surface area (Å²) < 4.78 is 40.0. The molecule has 22 heavy (non-hydrogen) atoms. The minimum absolute atomic E-state index is 0.0543.